The fourth-order valence-electron chi connectivity index (χ4n) is 2.20. The number of rotatable bonds is 4. The van der Waals surface area contributed by atoms with Crippen LogP contribution in [0.5, 0.6) is 5.95 Å². The van der Waals surface area contributed by atoms with Gasteiger partial charge in [0.1, 0.15) is 11.6 Å². The fraction of sp³-hybridized carbons (Fsp3) is 0. The monoisotopic (exact) mass is 334 g/mol. The maximum absolute atomic E-state index is 10.6. The molecule has 0 unspecified atom stereocenters. The summed E-state index contributed by atoms with van der Waals surface area (Å²) in [7, 11) is 0. The van der Waals surface area contributed by atoms with Gasteiger partial charge in [-0.3, -0.25) is 10.1 Å². The summed E-state index contributed by atoms with van der Waals surface area (Å²) in [6.45, 7) is 0. The smallest absolute Gasteiger partial charge is 0.303 e. The van der Waals surface area contributed by atoms with E-state index in [9.17, 15) is 20.5 Å². The molecular formula is C17H10N4O4. The Morgan fingerprint density at radius 1 is 1.08 bits per heavy atom. The molecule has 0 spiro atoms. The lowest BCUT2D eigenvalue weighted by atomic mass is 10.0. The third-order valence-electron chi connectivity index (χ3n) is 3.36. The van der Waals surface area contributed by atoms with Crippen LogP contribution in [0, 0.1) is 21.4 Å². The molecule has 1 aromatic heterocycles. The number of non-ortho nitro benzene ring substituents is 1. The van der Waals surface area contributed by atoms with E-state index in [1.807, 2.05) is 12.1 Å². The van der Waals surface area contributed by atoms with Crippen molar-refractivity contribution in [2.45, 2.75) is 0 Å². The fourth-order valence-corrected chi connectivity index (χ4v) is 2.20. The number of benzene rings is 2. The Hall–Kier alpha value is -3.99. The largest absolute Gasteiger partial charge is 0.480 e. The molecule has 0 aliphatic heterocycles. The molecule has 0 radical (unpaired) electrons. The second-order valence-electron chi connectivity index (χ2n) is 4.91. The number of aromatic hydroxyl groups is 1. The molecule has 2 aromatic carbocycles. The lowest BCUT2D eigenvalue weighted by Crippen LogP contribution is -1.85. The normalized spacial score (nSPS) is 10.7. The van der Waals surface area contributed by atoms with Crippen molar-refractivity contribution in [3.63, 3.8) is 0 Å². The predicted molar refractivity (Wildman–Crippen MR) is 87.8 cm³/mol. The zero-order valence-corrected chi connectivity index (χ0v) is 12.7. The molecule has 0 atom stereocenters. The number of hydrogen-bond donors (Lipinski definition) is 1. The molecule has 1 heterocycles. The molecule has 0 fully saturated rings. The summed E-state index contributed by atoms with van der Waals surface area (Å²) in [5.74, 6) is -0.572. The van der Waals surface area contributed by atoms with Crippen molar-refractivity contribution in [1.29, 1.82) is 5.26 Å². The van der Waals surface area contributed by atoms with Crippen molar-refractivity contribution in [1.82, 2.24) is 0 Å². The Bertz CT molecular complexity index is 986. The molecule has 8 heteroatoms. The highest BCUT2D eigenvalue weighted by atomic mass is 16.6. The van der Waals surface area contributed by atoms with Gasteiger partial charge in [-0.1, -0.05) is 30.3 Å². The van der Waals surface area contributed by atoms with Crippen molar-refractivity contribution in [2.24, 2.45) is 10.2 Å². The van der Waals surface area contributed by atoms with Crippen LogP contribution < -0.4 is 0 Å². The summed E-state index contributed by atoms with van der Waals surface area (Å²) in [5, 5.41) is 37.6. The Morgan fingerprint density at radius 3 is 2.36 bits per heavy atom. The summed E-state index contributed by atoms with van der Waals surface area (Å²) in [5.41, 5.74) is 1.22. The van der Waals surface area contributed by atoms with Crippen molar-refractivity contribution in [3.8, 4) is 23.1 Å². The van der Waals surface area contributed by atoms with Crippen LogP contribution in [0.25, 0.3) is 11.1 Å². The molecule has 8 nitrogen and oxygen atoms in total. The van der Waals surface area contributed by atoms with Crippen LogP contribution in [0.2, 0.25) is 0 Å². The number of nitrogens with zero attached hydrogens (tertiary/aromatic N) is 4. The van der Waals surface area contributed by atoms with E-state index in [0.29, 0.717) is 16.8 Å². The van der Waals surface area contributed by atoms with E-state index in [0.717, 1.165) is 0 Å². The number of azo groups is 1. The Balaban J connectivity index is 2.00. The van der Waals surface area contributed by atoms with Gasteiger partial charge in [-0.25, -0.2) is 0 Å². The quantitative estimate of drug-likeness (QED) is 0.415. The molecule has 25 heavy (non-hydrogen) atoms. The number of nitriles is 1. The van der Waals surface area contributed by atoms with Crippen LogP contribution >= 0.6 is 0 Å². The topological polar surface area (TPSA) is 125 Å². The van der Waals surface area contributed by atoms with E-state index in [2.05, 4.69) is 10.2 Å². The van der Waals surface area contributed by atoms with E-state index in [1.54, 1.807) is 24.3 Å². The van der Waals surface area contributed by atoms with Gasteiger partial charge in [-0.05, 0) is 17.7 Å². The molecular weight excluding hydrogens is 324 g/mol. The summed E-state index contributed by atoms with van der Waals surface area (Å²) in [6, 6.07) is 16.2. The lowest BCUT2D eigenvalue weighted by Gasteiger charge is -1.98. The third kappa shape index (κ3) is 3.20. The van der Waals surface area contributed by atoms with Gasteiger partial charge in [0.15, 0.2) is 0 Å². The zero-order valence-electron chi connectivity index (χ0n) is 12.7. The number of hydrogen-bond acceptors (Lipinski definition) is 7. The van der Waals surface area contributed by atoms with Crippen LogP contribution in [-0.2, 0) is 0 Å². The van der Waals surface area contributed by atoms with E-state index >= 15 is 0 Å². The van der Waals surface area contributed by atoms with Crippen LogP contribution in [0.3, 0.4) is 0 Å². The van der Waals surface area contributed by atoms with Gasteiger partial charge in [0.2, 0.25) is 0 Å². The van der Waals surface area contributed by atoms with E-state index < -0.39 is 10.9 Å². The Kier molecular flexibility index (Phi) is 4.22. The highest BCUT2D eigenvalue weighted by Gasteiger charge is 2.21. The standard InChI is InChI=1S/C17H10N4O4/c18-10-14-15(11-4-2-1-3-5-11)16(25-17(14)22)20-19-12-6-8-13(9-7-12)21(23)24/h1-9,22H. The minimum Gasteiger partial charge on any atom is -0.480 e. The van der Waals surface area contributed by atoms with Crippen LogP contribution in [0.1, 0.15) is 5.56 Å². The van der Waals surface area contributed by atoms with Gasteiger partial charge in [0.25, 0.3) is 11.6 Å². The summed E-state index contributed by atoms with van der Waals surface area (Å²) < 4.78 is 5.14. The first-order valence-corrected chi connectivity index (χ1v) is 7.07. The van der Waals surface area contributed by atoms with Crippen LogP contribution in [-0.4, -0.2) is 10.0 Å². The van der Waals surface area contributed by atoms with Crippen molar-refractivity contribution in [3.05, 3.63) is 70.3 Å². The molecule has 3 rings (SSSR count). The number of nitro groups is 1. The van der Waals surface area contributed by atoms with Gasteiger partial charge in [0, 0.05) is 12.1 Å². The number of furan rings is 1. The average molecular weight is 334 g/mol. The molecule has 0 bridgehead atoms. The molecule has 122 valence electrons. The number of nitro benzene ring substituents is 1. The highest BCUT2D eigenvalue weighted by molar-refractivity contribution is 5.80. The maximum Gasteiger partial charge on any atom is 0.303 e. The first kappa shape index (κ1) is 15.9. The second kappa shape index (κ2) is 6.64. The summed E-state index contributed by atoms with van der Waals surface area (Å²) >= 11 is 0. The van der Waals surface area contributed by atoms with Gasteiger partial charge < -0.3 is 9.52 Å². The van der Waals surface area contributed by atoms with Crippen LogP contribution in [0.4, 0.5) is 17.3 Å². The SMILES string of the molecule is N#Cc1c(O)oc(N=Nc2ccc([N+](=O)[O-])cc2)c1-c1ccccc1. The predicted octanol–water partition coefficient (Wildman–Crippen LogP) is 4.85. The lowest BCUT2D eigenvalue weighted by molar-refractivity contribution is -0.384. The van der Waals surface area contributed by atoms with Crippen molar-refractivity contribution in [2.75, 3.05) is 0 Å². The minimum absolute atomic E-state index is 0.0291. The Morgan fingerprint density at radius 2 is 1.76 bits per heavy atom. The molecule has 0 saturated heterocycles. The summed E-state index contributed by atoms with van der Waals surface area (Å²) in [6.07, 6.45) is 0. The average Bonchev–Trinajstić information content (AvgIpc) is 2.96. The van der Waals surface area contributed by atoms with E-state index in [4.69, 9.17) is 4.42 Å². The van der Waals surface area contributed by atoms with Gasteiger partial charge in [-0.2, -0.15) is 5.26 Å². The first-order valence-electron chi connectivity index (χ1n) is 7.07. The third-order valence-corrected chi connectivity index (χ3v) is 3.36. The molecule has 0 amide bonds. The molecule has 3 aromatic rings. The van der Waals surface area contributed by atoms with E-state index in [-0.39, 0.29) is 17.1 Å². The summed E-state index contributed by atoms with van der Waals surface area (Å²) in [4.78, 5) is 10.1. The molecule has 0 aliphatic carbocycles. The van der Waals surface area contributed by atoms with Gasteiger partial charge in [0.05, 0.1) is 16.2 Å². The van der Waals surface area contributed by atoms with E-state index in [1.165, 1.54) is 24.3 Å². The highest BCUT2D eigenvalue weighted by Crippen LogP contribution is 2.41. The van der Waals surface area contributed by atoms with Gasteiger partial charge >= 0.3 is 5.95 Å². The maximum atomic E-state index is 10.6. The Labute approximate surface area is 141 Å². The minimum atomic E-state index is -0.543. The van der Waals surface area contributed by atoms with Crippen LogP contribution in [0.15, 0.2) is 69.2 Å². The van der Waals surface area contributed by atoms with Crippen molar-refractivity contribution < 1.29 is 14.4 Å². The van der Waals surface area contributed by atoms with Crippen molar-refractivity contribution >= 4 is 17.3 Å². The van der Waals surface area contributed by atoms with Gasteiger partial charge in [-0.15, -0.1) is 10.2 Å². The molecule has 1 N–H and O–H groups in total. The zero-order chi connectivity index (χ0) is 17.8. The molecule has 0 aliphatic rings. The molecule has 0 saturated carbocycles. The second-order valence-corrected chi connectivity index (χ2v) is 4.91. The first-order chi connectivity index (χ1) is 12.1.